The molecule has 0 radical (unpaired) electrons. The molecule has 0 spiro atoms. The van der Waals surface area contributed by atoms with Crippen LogP contribution >= 0.6 is 0 Å². The van der Waals surface area contributed by atoms with Gasteiger partial charge >= 0.3 is 6.18 Å². The van der Waals surface area contributed by atoms with Gasteiger partial charge in [0.15, 0.2) is 0 Å². The monoisotopic (exact) mass is 303 g/mol. The smallest absolute Gasteiger partial charge is 0.377 e. The SMILES string of the molecule is CCOC1CC(NCc2ccccc2C(F)(F)F)C1OC. The van der Waals surface area contributed by atoms with Crippen molar-refractivity contribution in [3.63, 3.8) is 0 Å². The molecule has 3 nitrogen and oxygen atoms in total. The van der Waals surface area contributed by atoms with E-state index in [0.29, 0.717) is 6.61 Å². The first kappa shape index (κ1) is 16.3. The first-order chi connectivity index (χ1) is 9.97. The third-order valence-corrected chi connectivity index (χ3v) is 3.78. The number of nitrogens with one attached hydrogen (secondary N) is 1. The molecule has 1 aliphatic carbocycles. The highest BCUT2D eigenvalue weighted by atomic mass is 19.4. The first-order valence-electron chi connectivity index (χ1n) is 7.00. The first-order valence-corrected chi connectivity index (χ1v) is 7.00. The van der Waals surface area contributed by atoms with Crippen LogP contribution in [0.2, 0.25) is 0 Å². The van der Waals surface area contributed by atoms with Gasteiger partial charge in [-0.2, -0.15) is 13.2 Å². The second-order valence-corrected chi connectivity index (χ2v) is 5.07. The molecule has 0 heterocycles. The molecule has 1 N–H and O–H groups in total. The number of hydrogen-bond acceptors (Lipinski definition) is 3. The average molecular weight is 303 g/mol. The van der Waals surface area contributed by atoms with E-state index in [2.05, 4.69) is 5.32 Å². The third kappa shape index (κ3) is 3.75. The van der Waals surface area contributed by atoms with E-state index in [-0.39, 0.29) is 30.4 Å². The topological polar surface area (TPSA) is 30.5 Å². The molecular formula is C15H20F3NO2. The summed E-state index contributed by atoms with van der Waals surface area (Å²) in [6.07, 6.45) is -3.66. The number of alkyl halides is 3. The summed E-state index contributed by atoms with van der Waals surface area (Å²) in [6, 6.07) is 5.64. The molecule has 118 valence electrons. The van der Waals surface area contributed by atoms with Gasteiger partial charge in [0.25, 0.3) is 0 Å². The van der Waals surface area contributed by atoms with E-state index in [1.165, 1.54) is 12.1 Å². The Labute approximate surface area is 122 Å². The van der Waals surface area contributed by atoms with Crippen molar-refractivity contribution in [1.29, 1.82) is 0 Å². The van der Waals surface area contributed by atoms with Crippen LogP contribution in [0.3, 0.4) is 0 Å². The second kappa shape index (κ2) is 6.77. The summed E-state index contributed by atoms with van der Waals surface area (Å²) in [4.78, 5) is 0. The lowest BCUT2D eigenvalue weighted by Crippen LogP contribution is -2.59. The number of benzene rings is 1. The Balaban J connectivity index is 1.96. The number of ether oxygens (including phenoxy) is 2. The van der Waals surface area contributed by atoms with Gasteiger partial charge in [0, 0.05) is 26.3 Å². The molecule has 3 atom stereocenters. The minimum Gasteiger partial charge on any atom is -0.377 e. The highest BCUT2D eigenvalue weighted by molar-refractivity contribution is 5.29. The van der Waals surface area contributed by atoms with Crippen molar-refractivity contribution in [3.8, 4) is 0 Å². The van der Waals surface area contributed by atoms with Crippen LogP contribution < -0.4 is 5.32 Å². The quantitative estimate of drug-likeness (QED) is 0.876. The molecule has 1 aliphatic rings. The van der Waals surface area contributed by atoms with Gasteiger partial charge in [-0.25, -0.2) is 0 Å². The molecule has 2 rings (SSSR count). The molecule has 1 saturated carbocycles. The predicted molar refractivity (Wildman–Crippen MR) is 72.9 cm³/mol. The summed E-state index contributed by atoms with van der Waals surface area (Å²) in [5.74, 6) is 0. The van der Waals surface area contributed by atoms with E-state index < -0.39 is 11.7 Å². The molecule has 0 bridgehead atoms. The second-order valence-electron chi connectivity index (χ2n) is 5.07. The lowest BCUT2D eigenvalue weighted by atomic mass is 9.85. The van der Waals surface area contributed by atoms with E-state index >= 15 is 0 Å². The summed E-state index contributed by atoms with van der Waals surface area (Å²) in [7, 11) is 1.59. The van der Waals surface area contributed by atoms with Gasteiger partial charge in [-0.15, -0.1) is 0 Å². The highest BCUT2D eigenvalue weighted by Crippen LogP contribution is 2.32. The van der Waals surface area contributed by atoms with Crippen LogP contribution in [0.1, 0.15) is 24.5 Å². The van der Waals surface area contributed by atoms with Gasteiger partial charge in [0.1, 0.15) is 0 Å². The lowest BCUT2D eigenvalue weighted by molar-refractivity contribution is -0.139. The molecule has 0 amide bonds. The van der Waals surface area contributed by atoms with E-state index in [0.717, 1.165) is 12.5 Å². The maximum absolute atomic E-state index is 12.9. The molecular weight excluding hydrogens is 283 g/mol. The fourth-order valence-corrected chi connectivity index (χ4v) is 2.67. The van der Waals surface area contributed by atoms with Crippen molar-refractivity contribution in [3.05, 3.63) is 35.4 Å². The van der Waals surface area contributed by atoms with Crippen molar-refractivity contribution in [2.75, 3.05) is 13.7 Å². The number of rotatable bonds is 6. The largest absolute Gasteiger partial charge is 0.416 e. The van der Waals surface area contributed by atoms with Gasteiger partial charge in [-0.1, -0.05) is 18.2 Å². The summed E-state index contributed by atoms with van der Waals surface area (Å²) >= 11 is 0. The van der Waals surface area contributed by atoms with Crippen molar-refractivity contribution >= 4 is 0 Å². The van der Waals surface area contributed by atoms with E-state index in [9.17, 15) is 13.2 Å². The molecule has 21 heavy (non-hydrogen) atoms. The summed E-state index contributed by atoms with van der Waals surface area (Å²) in [6.45, 7) is 2.68. The fourth-order valence-electron chi connectivity index (χ4n) is 2.67. The number of hydrogen-bond donors (Lipinski definition) is 1. The Kier molecular flexibility index (Phi) is 5.24. The Hall–Kier alpha value is -1.11. The van der Waals surface area contributed by atoms with Crippen molar-refractivity contribution in [2.45, 2.75) is 44.3 Å². The zero-order chi connectivity index (χ0) is 15.5. The van der Waals surface area contributed by atoms with Crippen molar-refractivity contribution in [2.24, 2.45) is 0 Å². The minimum atomic E-state index is -4.33. The molecule has 1 aromatic carbocycles. The van der Waals surface area contributed by atoms with Crippen LogP contribution in [0.4, 0.5) is 13.2 Å². The van der Waals surface area contributed by atoms with Gasteiger partial charge in [-0.05, 0) is 25.0 Å². The maximum atomic E-state index is 12.9. The zero-order valence-corrected chi connectivity index (χ0v) is 12.1. The van der Waals surface area contributed by atoms with Crippen LogP contribution in [0.15, 0.2) is 24.3 Å². The van der Waals surface area contributed by atoms with E-state index in [4.69, 9.17) is 9.47 Å². The molecule has 1 fully saturated rings. The fraction of sp³-hybridized carbons (Fsp3) is 0.600. The highest BCUT2D eigenvalue weighted by Gasteiger charge is 2.42. The Morgan fingerprint density at radius 1 is 1.29 bits per heavy atom. The van der Waals surface area contributed by atoms with Gasteiger partial charge < -0.3 is 14.8 Å². The number of halogens is 3. The average Bonchev–Trinajstić information content (AvgIpc) is 2.41. The minimum absolute atomic E-state index is 0.0211. The molecule has 3 unspecified atom stereocenters. The van der Waals surface area contributed by atoms with Crippen LogP contribution in [0.5, 0.6) is 0 Å². The predicted octanol–water partition coefficient (Wildman–Crippen LogP) is 2.99. The summed E-state index contributed by atoms with van der Waals surface area (Å²) in [5.41, 5.74) is -0.341. The van der Waals surface area contributed by atoms with Gasteiger partial charge in [0.2, 0.25) is 0 Å². The molecule has 1 aromatic rings. The van der Waals surface area contributed by atoms with Crippen molar-refractivity contribution in [1.82, 2.24) is 5.32 Å². The molecule has 0 aromatic heterocycles. The van der Waals surface area contributed by atoms with Crippen LogP contribution in [-0.4, -0.2) is 32.0 Å². The van der Waals surface area contributed by atoms with Crippen LogP contribution in [-0.2, 0) is 22.2 Å². The van der Waals surface area contributed by atoms with E-state index in [1.807, 2.05) is 6.92 Å². The zero-order valence-electron chi connectivity index (χ0n) is 12.1. The Morgan fingerprint density at radius 3 is 2.62 bits per heavy atom. The Morgan fingerprint density at radius 2 is 2.00 bits per heavy atom. The number of methoxy groups -OCH3 is 1. The molecule has 0 saturated heterocycles. The van der Waals surface area contributed by atoms with Crippen LogP contribution in [0, 0.1) is 0 Å². The summed E-state index contributed by atoms with van der Waals surface area (Å²) in [5, 5.41) is 3.13. The normalized spacial score (nSPS) is 25.7. The maximum Gasteiger partial charge on any atom is 0.416 e. The van der Waals surface area contributed by atoms with E-state index in [1.54, 1.807) is 13.2 Å². The Bertz CT molecular complexity index is 464. The lowest BCUT2D eigenvalue weighted by Gasteiger charge is -2.43. The van der Waals surface area contributed by atoms with Gasteiger partial charge in [0.05, 0.1) is 17.8 Å². The van der Waals surface area contributed by atoms with Crippen molar-refractivity contribution < 1.29 is 22.6 Å². The van der Waals surface area contributed by atoms with Crippen LogP contribution in [0.25, 0.3) is 0 Å². The summed E-state index contributed by atoms with van der Waals surface area (Å²) < 4.78 is 49.5. The van der Waals surface area contributed by atoms with Gasteiger partial charge in [-0.3, -0.25) is 0 Å². The molecule has 6 heteroatoms. The standard InChI is InChI=1S/C15H20F3NO2/c1-3-21-13-8-12(14(13)20-2)19-9-10-6-4-5-7-11(10)15(16,17)18/h4-7,12-14,19H,3,8-9H2,1-2H3. The third-order valence-electron chi connectivity index (χ3n) is 3.78. The molecule has 0 aliphatic heterocycles.